The van der Waals surface area contributed by atoms with Gasteiger partial charge in [0, 0.05) is 12.2 Å². The SMILES string of the molecule is Cc1cc(C(C)C)c(NC(=O)NS(=O)(=O)C2CCNC2)c(C(C)C)c1. The number of aryl methyl sites for hydroxylation is 1. The molecule has 7 heteroatoms. The summed E-state index contributed by atoms with van der Waals surface area (Å²) < 4.78 is 26.8. The standard InChI is InChI=1S/C18H29N3O3S/c1-11(2)15-8-13(5)9-16(12(3)4)17(15)20-18(22)21-25(23,24)14-6-7-19-10-14/h8-9,11-12,14,19H,6-7,10H2,1-5H3,(H2,20,21,22). The van der Waals surface area contributed by atoms with E-state index < -0.39 is 21.3 Å². The second kappa shape index (κ2) is 7.74. The van der Waals surface area contributed by atoms with Gasteiger partial charge in [0.25, 0.3) is 0 Å². The van der Waals surface area contributed by atoms with Crippen molar-refractivity contribution in [2.24, 2.45) is 0 Å². The quantitative estimate of drug-likeness (QED) is 0.746. The van der Waals surface area contributed by atoms with Gasteiger partial charge in [-0.25, -0.2) is 17.9 Å². The molecule has 140 valence electrons. The van der Waals surface area contributed by atoms with Crippen LogP contribution in [0.25, 0.3) is 0 Å². The topological polar surface area (TPSA) is 87.3 Å². The Balaban J connectivity index is 2.27. The van der Waals surface area contributed by atoms with Crippen molar-refractivity contribution in [3.8, 4) is 0 Å². The number of benzene rings is 1. The molecule has 3 N–H and O–H groups in total. The Hall–Kier alpha value is -1.60. The second-order valence-electron chi connectivity index (χ2n) is 7.34. The lowest BCUT2D eigenvalue weighted by Crippen LogP contribution is -2.41. The first-order valence-corrected chi connectivity index (χ1v) is 10.3. The fourth-order valence-corrected chi connectivity index (χ4v) is 4.38. The van der Waals surface area contributed by atoms with Crippen molar-refractivity contribution >= 4 is 21.7 Å². The molecule has 1 saturated heterocycles. The highest BCUT2D eigenvalue weighted by molar-refractivity contribution is 7.90. The normalized spacial score (nSPS) is 18.0. The van der Waals surface area contributed by atoms with E-state index in [0.29, 0.717) is 25.2 Å². The fraction of sp³-hybridized carbons (Fsp3) is 0.611. The lowest BCUT2D eigenvalue weighted by atomic mass is 9.90. The molecule has 6 nitrogen and oxygen atoms in total. The summed E-state index contributed by atoms with van der Waals surface area (Å²) in [6.07, 6.45) is 0.516. The van der Waals surface area contributed by atoms with Gasteiger partial charge in [0.1, 0.15) is 0 Å². The Morgan fingerprint density at radius 2 is 1.72 bits per heavy atom. The summed E-state index contributed by atoms with van der Waals surface area (Å²) in [6.45, 7) is 11.3. The Morgan fingerprint density at radius 1 is 1.16 bits per heavy atom. The fourth-order valence-electron chi connectivity index (χ4n) is 3.14. The number of hydrogen-bond donors (Lipinski definition) is 3. The van der Waals surface area contributed by atoms with E-state index in [4.69, 9.17) is 0 Å². The van der Waals surface area contributed by atoms with E-state index in [0.717, 1.165) is 16.7 Å². The first-order valence-electron chi connectivity index (χ1n) is 8.79. The van der Waals surface area contributed by atoms with Gasteiger partial charge in [0.05, 0.1) is 5.25 Å². The number of rotatable bonds is 5. The maximum Gasteiger partial charge on any atom is 0.332 e. The van der Waals surface area contributed by atoms with Gasteiger partial charge in [-0.2, -0.15) is 0 Å². The van der Waals surface area contributed by atoms with Gasteiger partial charge in [-0.05, 0) is 42.9 Å². The van der Waals surface area contributed by atoms with Crippen LogP contribution in [0.3, 0.4) is 0 Å². The van der Waals surface area contributed by atoms with Gasteiger partial charge in [-0.1, -0.05) is 45.4 Å². The Bertz CT molecular complexity index is 707. The van der Waals surface area contributed by atoms with Crippen molar-refractivity contribution in [1.29, 1.82) is 0 Å². The van der Waals surface area contributed by atoms with E-state index in [1.54, 1.807) is 0 Å². The van der Waals surface area contributed by atoms with Gasteiger partial charge in [-0.3, -0.25) is 0 Å². The molecule has 0 bridgehead atoms. The summed E-state index contributed by atoms with van der Waals surface area (Å²) in [4.78, 5) is 12.4. The number of carbonyl (C=O) groups excluding carboxylic acids is 1. The van der Waals surface area contributed by atoms with E-state index in [-0.39, 0.29) is 11.8 Å². The maximum atomic E-state index is 12.4. The van der Waals surface area contributed by atoms with Crippen molar-refractivity contribution < 1.29 is 13.2 Å². The van der Waals surface area contributed by atoms with Crippen LogP contribution in [0.15, 0.2) is 12.1 Å². The summed E-state index contributed by atoms with van der Waals surface area (Å²) in [5, 5.41) is 5.24. The van der Waals surface area contributed by atoms with Crippen molar-refractivity contribution in [1.82, 2.24) is 10.0 Å². The summed E-state index contributed by atoms with van der Waals surface area (Å²) in [7, 11) is -3.68. The molecule has 2 rings (SSSR count). The lowest BCUT2D eigenvalue weighted by Gasteiger charge is -2.22. The van der Waals surface area contributed by atoms with E-state index in [2.05, 4.69) is 43.1 Å². The van der Waals surface area contributed by atoms with Crippen molar-refractivity contribution in [2.75, 3.05) is 18.4 Å². The van der Waals surface area contributed by atoms with Crippen LogP contribution < -0.4 is 15.4 Å². The highest BCUT2D eigenvalue weighted by atomic mass is 32.2. The monoisotopic (exact) mass is 367 g/mol. The molecule has 1 aromatic carbocycles. The second-order valence-corrected chi connectivity index (χ2v) is 9.30. The van der Waals surface area contributed by atoms with Gasteiger partial charge >= 0.3 is 6.03 Å². The number of nitrogens with one attached hydrogen (secondary N) is 3. The highest BCUT2D eigenvalue weighted by Gasteiger charge is 2.30. The average molecular weight is 368 g/mol. The van der Waals surface area contributed by atoms with Crippen LogP contribution in [-0.2, 0) is 10.0 Å². The molecule has 1 unspecified atom stereocenters. The number of amides is 2. The van der Waals surface area contributed by atoms with Crippen LogP contribution in [0.5, 0.6) is 0 Å². The maximum absolute atomic E-state index is 12.4. The smallest absolute Gasteiger partial charge is 0.315 e. The Kier molecular flexibility index (Phi) is 6.11. The molecule has 0 aromatic heterocycles. The van der Waals surface area contributed by atoms with Crippen LogP contribution >= 0.6 is 0 Å². The molecule has 1 atom stereocenters. The van der Waals surface area contributed by atoms with Crippen LogP contribution in [0.4, 0.5) is 10.5 Å². The van der Waals surface area contributed by atoms with Crippen LogP contribution in [0.2, 0.25) is 0 Å². The minimum Gasteiger partial charge on any atom is -0.315 e. The number of anilines is 1. The van der Waals surface area contributed by atoms with Crippen molar-refractivity contribution in [2.45, 2.75) is 58.1 Å². The summed E-state index contributed by atoms with van der Waals surface area (Å²) in [6, 6.07) is 3.39. The minimum atomic E-state index is -3.68. The van der Waals surface area contributed by atoms with E-state index in [9.17, 15) is 13.2 Å². The van der Waals surface area contributed by atoms with Gasteiger partial charge in [0.2, 0.25) is 10.0 Å². The Labute approximate surface area is 150 Å². The zero-order valence-electron chi connectivity index (χ0n) is 15.6. The molecule has 0 spiro atoms. The Morgan fingerprint density at radius 3 is 2.16 bits per heavy atom. The predicted molar refractivity (Wildman–Crippen MR) is 102 cm³/mol. The number of hydrogen-bond acceptors (Lipinski definition) is 4. The van der Waals surface area contributed by atoms with Crippen LogP contribution in [0.1, 0.15) is 62.6 Å². The van der Waals surface area contributed by atoms with Gasteiger partial charge in [0.15, 0.2) is 0 Å². The molecule has 0 saturated carbocycles. The highest BCUT2D eigenvalue weighted by Crippen LogP contribution is 2.33. The van der Waals surface area contributed by atoms with Gasteiger partial charge < -0.3 is 10.6 Å². The van der Waals surface area contributed by atoms with Crippen LogP contribution in [-0.4, -0.2) is 32.8 Å². The summed E-state index contributed by atoms with van der Waals surface area (Å²) >= 11 is 0. The zero-order valence-corrected chi connectivity index (χ0v) is 16.5. The van der Waals surface area contributed by atoms with E-state index >= 15 is 0 Å². The molecule has 1 heterocycles. The number of urea groups is 1. The number of sulfonamides is 1. The largest absolute Gasteiger partial charge is 0.332 e. The third-order valence-corrected chi connectivity index (χ3v) is 6.27. The van der Waals surface area contributed by atoms with E-state index in [1.165, 1.54) is 0 Å². The average Bonchev–Trinajstić information content (AvgIpc) is 3.02. The van der Waals surface area contributed by atoms with E-state index in [1.807, 2.05) is 19.1 Å². The number of carbonyl (C=O) groups is 1. The molecule has 1 aliphatic rings. The molecular formula is C18H29N3O3S. The zero-order chi connectivity index (χ0) is 18.8. The summed E-state index contributed by atoms with van der Waals surface area (Å²) in [5.41, 5.74) is 3.87. The first kappa shape index (κ1) is 19.7. The molecule has 0 radical (unpaired) electrons. The van der Waals surface area contributed by atoms with Crippen molar-refractivity contribution in [3.05, 3.63) is 28.8 Å². The third-order valence-electron chi connectivity index (χ3n) is 4.52. The predicted octanol–water partition coefficient (Wildman–Crippen LogP) is 3.06. The van der Waals surface area contributed by atoms with Crippen molar-refractivity contribution in [3.63, 3.8) is 0 Å². The van der Waals surface area contributed by atoms with Gasteiger partial charge in [-0.15, -0.1) is 0 Å². The molecular weight excluding hydrogens is 338 g/mol. The molecule has 1 fully saturated rings. The minimum absolute atomic E-state index is 0.211. The molecule has 25 heavy (non-hydrogen) atoms. The lowest BCUT2D eigenvalue weighted by molar-refractivity contribution is 0.256. The molecule has 0 aliphatic carbocycles. The van der Waals surface area contributed by atoms with Crippen LogP contribution in [0, 0.1) is 6.92 Å². The first-order chi connectivity index (χ1) is 11.6. The molecule has 2 amide bonds. The molecule has 1 aliphatic heterocycles. The molecule has 1 aromatic rings. The summed E-state index contributed by atoms with van der Waals surface area (Å²) in [5.74, 6) is 0.423. The third kappa shape index (κ3) is 4.73.